The average Bonchev–Trinajstić information content (AvgIpc) is 2.41. The van der Waals surface area contributed by atoms with Crippen LogP contribution in [0.25, 0.3) is 0 Å². The molecule has 0 aromatic rings. The Bertz CT molecular complexity index is 136. The molecule has 0 saturated heterocycles. The fourth-order valence-corrected chi connectivity index (χ4v) is 1.32. The molecule has 0 heterocycles. The second-order valence-corrected chi connectivity index (χ2v) is 4.15. The van der Waals surface area contributed by atoms with E-state index in [-0.39, 0.29) is 0 Å². The van der Waals surface area contributed by atoms with Gasteiger partial charge in [-0.3, -0.25) is 5.43 Å². The van der Waals surface area contributed by atoms with E-state index in [9.17, 15) is 0 Å². The predicted molar refractivity (Wildman–Crippen MR) is 83.6 cm³/mol. The molecule has 0 atom stereocenters. The van der Waals surface area contributed by atoms with Gasteiger partial charge in [0.05, 0.1) is 0 Å². The van der Waals surface area contributed by atoms with Crippen LogP contribution in [0.3, 0.4) is 0 Å². The number of unbranched alkanes of at least 4 members (excludes halogenated alkanes) is 1. The van der Waals surface area contributed by atoms with Crippen molar-refractivity contribution < 1.29 is 0 Å². The van der Waals surface area contributed by atoms with Gasteiger partial charge in [0.25, 0.3) is 0 Å². The van der Waals surface area contributed by atoms with E-state index in [1.165, 1.54) is 12.8 Å². The van der Waals surface area contributed by atoms with E-state index in [2.05, 4.69) is 22.7 Å². The fraction of sp³-hybridized carbons (Fsp3) is 1.00. The van der Waals surface area contributed by atoms with Crippen LogP contribution in [0, 0.1) is 0 Å². The molecule has 0 spiro atoms. The molecule has 0 aliphatic carbocycles. The van der Waals surface area contributed by atoms with Crippen molar-refractivity contribution in [3.05, 3.63) is 0 Å². The number of nitrogens with one attached hydrogen (secondary N) is 2. The van der Waals surface area contributed by atoms with Crippen molar-refractivity contribution in [3.8, 4) is 0 Å². The Morgan fingerprint density at radius 3 is 1.68 bits per heavy atom. The van der Waals surface area contributed by atoms with Crippen LogP contribution in [-0.4, -0.2) is 63.9 Å². The minimum atomic E-state index is 0.680. The Morgan fingerprint density at radius 1 is 0.789 bits per heavy atom. The third kappa shape index (κ3) is 20.2. The third-order valence-corrected chi connectivity index (χ3v) is 2.31. The van der Waals surface area contributed by atoms with E-state index in [0.717, 1.165) is 32.7 Å². The maximum absolute atomic E-state index is 5.44. The highest BCUT2D eigenvalue weighted by molar-refractivity contribution is 4.53. The monoisotopic (exact) mass is 277 g/mol. The van der Waals surface area contributed by atoms with Gasteiger partial charge in [-0.05, 0) is 6.42 Å². The van der Waals surface area contributed by atoms with Crippen LogP contribution < -0.4 is 33.7 Å². The summed E-state index contributed by atoms with van der Waals surface area (Å²) in [6.45, 7) is 9.45. The van der Waals surface area contributed by atoms with Crippen molar-refractivity contribution in [2.75, 3.05) is 58.9 Å². The lowest BCUT2D eigenvalue weighted by Gasteiger charge is -2.21. The zero-order valence-corrected chi connectivity index (χ0v) is 12.5. The number of rotatable bonds is 12. The third-order valence-electron chi connectivity index (χ3n) is 2.31. The molecule has 0 aliphatic heterocycles. The smallest absolute Gasteiger partial charge is 0.0254 e. The average molecular weight is 277 g/mol. The van der Waals surface area contributed by atoms with Crippen molar-refractivity contribution in [2.45, 2.75) is 19.8 Å². The molecule has 0 aromatic heterocycles. The first-order valence-electron chi connectivity index (χ1n) is 7.26. The SMILES string of the molecule is CCCCNN(CCN)CCN.NCCNCCN. The second kappa shape index (κ2) is 20.0. The standard InChI is InChI=1S/C8H22N4.C4H13N3/c1-2-3-6-11-12(7-4-9)8-5-10;5-1-3-7-4-2-6/h11H,2-10H2,1H3;7H,1-6H2. The molecular weight excluding hydrogens is 242 g/mol. The maximum Gasteiger partial charge on any atom is 0.0254 e. The Hall–Kier alpha value is -0.280. The molecule has 0 fully saturated rings. The molecular formula is C12H35N7. The molecule has 0 amide bonds. The van der Waals surface area contributed by atoms with Gasteiger partial charge in [-0.15, -0.1) is 0 Å². The van der Waals surface area contributed by atoms with Crippen LogP contribution in [0.4, 0.5) is 0 Å². The molecule has 0 unspecified atom stereocenters. The lowest BCUT2D eigenvalue weighted by atomic mass is 10.3. The van der Waals surface area contributed by atoms with E-state index in [1.54, 1.807) is 0 Å². The molecule has 0 aromatic carbocycles. The molecule has 0 rings (SSSR count). The van der Waals surface area contributed by atoms with Gasteiger partial charge in [-0.1, -0.05) is 13.3 Å². The summed E-state index contributed by atoms with van der Waals surface area (Å²) in [5, 5.41) is 5.13. The van der Waals surface area contributed by atoms with Gasteiger partial charge >= 0.3 is 0 Å². The summed E-state index contributed by atoms with van der Waals surface area (Å²) in [7, 11) is 0. The minimum Gasteiger partial charge on any atom is -0.329 e. The quantitative estimate of drug-likeness (QED) is 0.180. The highest BCUT2D eigenvalue weighted by Gasteiger charge is 1.99. The van der Waals surface area contributed by atoms with Crippen LogP contribution in [0.5, 0.6) is 0 Å². The van der Waals surface area contributed by atoms with Gasteiger partial charge in [0.2, 0.25) is 0 Å². The first-order chi connectivity index (χ1) is 9.26. The maximum atomic E-state index is 5.44. The highest BCUT2D eigenvalue weighted by Crippen LogP contribution is 1.85. The Balaban J connectivity index is 0. The normalized spacial score (nSPS) is 10.4. The summed E-state index contributed by atoms with van der Waals surface area (Å²) >= 11 is 0. The van der Waals surface area contributed by atoms with Crippen LogP contribution in [0.1, 0.15) is 19.8 Å². The Kier molecular flexibility index (Phi) is 22.2. The summed E-state index contributed by atoms with van der Waals surface area (Å²) in [6, 6.07) is 0. The van der Waals surface area contributed by atoms with Crippen molar-refractivity contribution in [1.29, 1.82) is 0 Å². The molecule has 0 saturated carbocycles. The lowest BCUT2D eigenvalue weighted by Crippen LogP contribution is -2.44. The van der Waals surface area contributed by atoms with Gasteiger partial charge in [0.15, 0.2) is 0 Å². The fourth-order valence-electron chi connectivity index (χ4n) is 1.32. The van der Waals surface area contributed by atoms with Crippen molar-refractivity contribution in [3.63, 3.8) is 0 Å². The second-order valence-electron chi connectivity index (χ2n) is 4.15. The van der Waals surface area contributed by atoms with E-state index in [0.29, 0.717) is 26.2 Å². The summed E-state index contributed by atoms with van der Waals surface area (Å²) in [5.41, 5.74) is 24.5. The largest absolute Gasteiger partial charge is 0.329 e. The summed E-state index contributed by atoms with van der Waals surface area (Å²) < 4.78 is 0. The van der Waals surface area contributed by atoms with E-state index in [1.807, 2.05) is 0 Å². The summed E-state index contributed by atoms with van der Waals surface area (Å²) in [4.78, 5) is 0. The van der Waals surface area contributed by atoms with E-state index in [4.69, 9.17) is 22.9 Å². The van der Waals surface area contributed by atoms with E-state index < -0.39 is 0 Å². The van der Waals surface area contributed by atoms with Crippen molar-refractivity contribution in [2.24, 2.45) is 22.9 Å². The molecule has 10 N–H and O–H groups in total. The Morgan fingerprint density at radius 2 is 1.32 bits per heavy atom. The summed E-state index contributed by atoms with van der Waals surface area (Å²) in [5.74, 6) is 0. The minimum absolute atomic E-state index is 0.680. The lowest BCUT2D eigenvalue weighted by molar-refractivity contribution is 0.198. The zero-order valence-electron chi connectivity index (χ0n) is 12.5. The number of hydrogen-bond donors (Lipinski definition) is 6. The number of nitrogens with two attached hydrogens (primary N) is 4. The van der Waals surface area contributed by atoms with Crippen LogP contribution in [-0.2, 0) is 0 Å². The van der Waals surface area contributed by atoms with Crippen LogP contribution >= 0.6 is 0 Å². The molecule has 118 valence electrons. The molecule has 19 heavy (non-hydrogen) atoms. The molecule has 0 aliphatic rings. The van der Waals surface area contributed by atoms with Gasteiger partial charge in [-0.25, -0.2) is 5.01 Å². The first kappa shape index (κ1) is 21.0. The number of hydrogen-bond acceptors (Lipinski definition) is 7. The molecule has 7 nitrogen and oxygen atoms in total. The first-order valence-corrected chi connectivity index (χ1v) is 7.26. The zero-order chi connectivity index (χ0) is 14.8. The van der Waals surface area contributed by atoms with Gasteiger partial charge < -0.3 is 28.3 Å². The van der Waals surface area contributed by atoms with Crippen LogP contribution in [0.2, 0.25) is 0 Å². The van der Waals surface area contributed by atoms with Crippen LogP contribution in [0.15, 0.2) is 0 Å². The number of hydrazine groups is 1. The van der Waals surface area contributed by atoms with Crippen molar-refractivity contribution in [1.82, 2.24) is 15.8 Å². The molecule has 0 radical (unpaired) electrons. The van der Waals surface area contributed by atoms with E-state index >= 15 is 0 Å². The van der Waals surface area contributed by atoms with Crippen molar-refractivity contribution >= 4 is 0 Å². The predicted octanol–water partition coefficient (Wildman–Crippen LogP) is -2.00. The topological polar surface area (TPSA) is 131 Å². The summed E-state index contributed by atoms with van der Waals surface area (Å²) in [6.07, 6.45) is 2.41. The molecule has 0 bridgehead atoms. The highest BCUT2D eigenvalue weighted by atomic mass is 15.5. The number of nitrogens with zero attached hydrogens (tertiary/aromatic N) is 1. The Labute approximate surface area is 118 Å². The molecule has 7 heteroatoms. The van der Waals surface area contributed by atoms with Gasteiger partial charge in [-0.2, -0.15) is 0 Å². The van der Waals surface area contributed by atoms with Gasteiger partial charge in [0, 0.05) is 58.9 Å². The van der Waals surface area contributed by atoms with Gasteiger partial charge in [0.1, 0.15) is 0 Å².